The molecule has 3 rings (SSSR count). The normalized spacial score (nSPS) is 18.7. The number of amides is 2. The maximum absolute atomic E-state index is 13.1. The minimum Gasteiger partial charge on any atom is -0.481 e. The number of carboxylic acids is 1. The van der Waals surface area contributed by atoms with Gasteiger partial charge in [0.15, 0.2) is 0 Å². The van der Waals surface area contributed by atoms with Crippen LogP contribution < -0.4 is 11.1 Å². The highest BCUT2D eigenvalue weighted by Crippen LogP contribution is 2.41. The Morgan fingerprint density at radius 1 is 1.06 bits per heavy atom. The third-order valence-electron chi connectivity index (χ3n) is 6.14. The van der Waals surface area contributed by atoms with Crippen molar-refractivity contribution in [1.29, 1.82) is 0 Å². The van der Waals surface area contributed by atoms with Gasteiger partial charge in [-0.1, -0.05) is 42.3 Å². The van der Waals surface area contributed by atoms with Crippen LogP contribution in [0.1, 0.15) is 54.4 Å². The maximum atomic E-state index is 13.1. The monoisotopic (exact) mass is 440 g/mol. The van der Waals surface area contributed by atoms with Gasteiger partial charge in [0.2, 0.25) is 5.91 Å². The summed E-state index contributed by atoms with van der Waals surface area (Å²) in [5.74, 6) is -3.49. The summed E-state index contributed by atoms with van der Waals surface area (Å²) in [6.45, 7) is 7.79. The second-order valence-corrected chi connectivity index (χ2v) is 9.39. The van der Waals surface area contributed by atoms with E-state index in [1.807, 2.05) is 45.0 Å². The van der Waals surface area contributed by atoms with Crippen LogP contribution in [-0.4, -0.2) is 22.9 Å². The number of hydrogen-bond acceptors (Lipinski definition) is 4. The molecular weight excluding hydrogens is 412 g/mol. The van der Waals surface area contributed by atoms with Gasteiger partial charge >= 0.3 is 5.97 Å². The van der Waals surface area contributed by atoms with Gasteiger partial charge in [0, 0.05) is 10.4 Å². The first-order valence-electron chi connectivity index (χ1n) is 10.3. The topological polar surface area (TPSA) is 109 Å². The third kappa shape index (κ3) is 4.56. The molecule has 0 bridgehead atoms. The standard InChI is InChI=1S/C24H28N2O4S/c1-5-15-6-8-16(9-7-15)19-14(4)31-23(20(19)21(25)27)26-22(28)17-10-12(2)13(3)11-18(17)24(29)30/h6-9,17-18H,5,10-11H2,1-4H3,(H2,25,27)(H,26,28)(H,29,30). The van der Waals surface area contributed by atoms with E-state index in [9.17, 15) is 19.5 Å². The molecule has 2 unspecified atom stereocenters. The maximum Gasteiger partial charge on any atom is 0.307 e. The van der Waals surface area contributed by atoms with Crippen molar-refractivity contribution in [2.75, 3.05) is 5.32 Å². The molecule has 2 amide bonds. The van der Waals surface area contributed by atoms with Crippen molar-refractivity contribution in [3.05, 3.63) is 51.4 Å². The van der Waals surface area contributed by atoms with E-state index in [2.05, 4.69) is 12.2 Å². The number of benzene rings is 1. The Balaban J connectivity index is 1.97. The Morgan fingerprint density at radius 2 is 1.65 bits per heavy atom. The first kappa shape index (κ1) is 22.7. The molecule has 31 heavy (non-hydrogen) atoms. The van der Waals surface area contributed by atoms with E-state index in [0.29, 0.717) is 23.4 Å². The minimum absolute atomic E-state index is 0.270. The summed E-state index contributed by atoms with van der Waals surface area (Å²) >= 11 is 1.29. The van der Waals surface area contributed by atoms with E-state index in [4.69, 9.17) is 5.73 Å². The molecule has 2 aromatic rings. The Morgan fingerprint density at radius 3 is 2.16 bits per heavy atom. The highest BCUT2D eigenvalue weighted by atomic mass is 32.1. The van der Waals surface area contributed by atoms with E-state index in [-0.39, 0.29) is 5.56 Å². The van der Waals surface area contributed by atoms with Gasteiger partial charge < -0.3 is 16.2 Å². The molecule has 0 saturated carbocycles. The molecule has 0 saturated heterocycles. The van der Waals surface area contributed by atoms with Crippen LogP contribution in [-0.2, 0) is 16.0 Å². The predicted octanol–water partition coefficient (Wildman–Crippen LogP) is 4.77. The van der Waals surface area contributed by atoms with Crippen LogP contribution in [0.2, 0.25) is 0 Å². The van der Waals surface area contributed by atoms with Gasteiger partial charge in [-0.05, 0) is 51.2 Å². The number of hydrogen-bond donors (Lipinski definition) is 3. The zero-order valence-electron chi connectivity index (χ0n) is 18.2. The molecule has 4 N–H and O–H groups in total. The predicted molar refractivity (Wildman–Crippen MR) is 123 cm³/mol. The molecule has 0 radical (unpaired) electrons. The average Bonchev–Trinajstić information content (AvgIpc) is 3.05. The zero-order valence-corrected chi connectivity index (χ0v) is 19.1. The van der Waals surface area contributed by atoms with Gasteiger partial charge in [0.25, 0.3) is 5.91 Å². The van der Waals surface area contributed by atoms with E-state index in [0.717, 1.165) is 28.0 Å². The fourth-order valence-corrected chi connectivity index (χ4v) is 5.24. The number of primary amides is 1. The van der Waals surface area contributed by atoms with Gasteiger partial charge in [-0.15, -0.1) is 11.3 Å². The van der Waals surface area contributed by atoms with Crippen LogP contribution in [0.5, 0.6) is 0 Å². The first-order chi connectivity index (χ1) is 14.6. The van der Waals surface area contributed by atoms with Crippen LogP contribution in [0.3, 0.4) is 0 Å². The molecule has 164 valence electrons. The van der Waals surface area contributed by atoms with E-state index in [1.165, 1.54) is 16.9 Å². The number of aryl methyl sites for hydroxylation is 2. The third-order valence-corrected chi connectivity index (χ3v) is 7.16. The number of carbonyl (C=O) groups is 3. The number of nitrogens with two attached hydrogens (primary N) is 1. The smallest absolute Gasteiger partial charge is 0.307 e. The quantitative estimate of drug-likeness (QED) is 0.562. The zero-order chi connectivity index (χ0) is 22.9. The molecule has 1 aromatic heterocycles. The lowest BCUT2D eigenvalue weighted by Crippen LogP contribution is -2.36. The van der Waals surface area contributed by atoms with Crippen molar-refractivity contribution in [2.24, 2.45) is 17.6 Å². The van der Waals surface area contributed by atoms with Gasteiger partial charge in [-0.2, -0.15) is 0 Å². The molecule has 1 aliphatic carbocycles. The van der Waals surface area contributed by atoms with Gasteiger partial charge in [0.1, 0.15) is 5.00 Å². The lowest BCUT2D eigenvalue weighted by atomic mass is 9.76. The summed E-state index contributed by atoms with van der Waals surface area (Å²) in [5.41, 5.74) is 10.8. The largest absolute Gasteiger partial charge is 0.481 e. The Hall–Kier alpha value is -2.93. The number of aliphatic carboxylic acids is 1. The van der Waals surface area contributed by atoms with E-state index < -0.39 is 29.6 Å². The highest BCUT2D eigenvalue weighted by molar-refractivity contribution is 7.17. The van der Waals surface area contributed by atoms with Crippen molar-refractivity contribution in [2.45, 2.75) is 47.0 Å². The van der Waals surface area contributed by atoms with Gasteiger partial charge in [0.05, 0.1) is 17.4 Å². The summed E-state index contributed by atoms with van der Waals surface area (Å²) in [6.07, 6.45) is 1.64. The van der Waals surface area contributed by atoms with Crippen LogP contribution >= 0.6 is 11.3 Å². The lowest BCUT2D eigenvalue weighted by Gasteiger charge is -2.29. The molecule has 0 aliphatic heterocycles. The van der Waals surface area contributed by atoms with Crippen LogP contribution in [0.25, 0.3) is 11.1 Å². The lowest BCUT2D eigenvalue weighted by molar-refractivity contribution is -0.146. The van der Waals surface area contributed by atoms with E-state index in [1.54, 1.807) is 0 Å². The van der Waals surface area contributed by atoms with Crippen LogP contribution in [0.15, 0.2) is 35.4 Å². The number of rotatable bonds is 6. The van der Waals surface area contributed by atoms with Gasteiger partial charge in [-0.3, -0.25) is 14.4 Å². The SMILES string of the molecule is CCc1ccc(-c2c(C)sc(NC(=O)C3CC(C)=C(C)CC3C(=O)O)c2C(N)=O)cc1. The molecule has 1 aliphatic rings. The molecule has 1 aromatic carbocycles. The minimum atomic E-state index is -0.985. The fourth-order valence-electron chi connectivity index (χ4n) is 4.15. The average molecular weight is 441 g/mol. The Bertz CT molecular complexity index is 1070. The van der Waals surface area contributed by atoms with Crippen molar-refractivity contribution in [1.82, 2.24) is 0 Å². The number of nitrogens with one attached hydrogen (secondary N) is 1. The highest BCUT2D eigenvalue weighted by Gasteiger charge is 2.38. The summed E-state index contributed by atoms with van der Waals surface area (Å²) in [7, 11) is 0. The molecule has 0 fully saturated rings. The van der Waals surface area contributed by atoms with Crippen molar-refractivity contribution < 1.29 is 19.5 Å². The number of allylic oxidation sites excluding steroid dienone is 2. The van der Waals surface area contributed by atoms with Crippen molar-refractivity contribution in [3.8, 4) is 11.1 Å². The summed E-state index contributed by atoms with van der Waals surface area (Å²) in [4.78, 5) is 38.1. The molecular formula is C24H28N2O4S. The Labute approximate surface area is 186 Å². The fraction of sp³-hybridized carbons (Fsp3) is 0.375. The molecule has 1 heterocycles. The van der Waals surface area contributed by atoms with E-state index >= 15 is 0 Å². The Kier molecular flexibility index (Phi) is 6.65. The number of thiophene rings is 1. The van der Waals surface area contributed by atoms with Crippen LogP contribution in [0, 0.1) is 18.8 Å². The number of anilines is 1. The van der Waals surface area contributed by atoms with Crippen molar-refractivity contribution in [3.63, 3.8) is 0 Å². The molecule has 0 spiro atoms. The number of carboxylic acid groups (broad SMARTS) is 1. The summed E-state index contributed by atoms with van der Waals surface area (Å²) < 4.78 is 0. The molecule has 7 heteroatoms. The van der Waals surface area contributed by atoms with Gasteiger partial charge in [-0.25, -0.2) is 0 Å². The molecule has 6 nitrogen and oxygen atoms in total. The first-order valence-corrected chi connectivity index (χ1v) is 11.2. The molecule has 2 atom stereocenters. The summed E-state index contributed by atoms with van der Waals surface area (Å²) in [6, 6.07) is 7.91. The second kappa shape index (κ2) is 9.06. The second-order valence-electron chi connectivity index (χ2n) is 8.16. The van der Waals surface area contributed by atoms with Crippen molar-refractivity contribution >= 4 is 34.1 Å². The summed E-state index contributed by atoms with van der Waals surface area (Å²) in [5, 5.41) is 12.8. The number of carbonyl (C=O) groups excluding carboxylic acids is 2. The van der Waals surface area contributed by atoms with Crippen LogP contribution in [0.4, 0.5) is 5.00 Å².